The second kappa shape index (κ2) is 6.70. The van der Waals surface area contributed by atoms with Gasteiger partial charge in [0.05, 0.1) is 18.6 Å². The number of oxazole rings is 1. The third-order valence-electron chi connectivity index (χ3n) is 2.09. The Kier molecular flexibility index (Phi) is 5.55. The summed E-state index contributed by atoms with van der Waals surface area (Å²) < 4.78 is 31.4. The molecule has 0 saturated carbocycles. The summed E-state index contributed by atoms with van der Waals surface area (Å²) in [5.74, 6) is 1.13. The van der Waals surface area contributed by atoms with Gasteiger partial charge < -0.3 is 4.42 Å². The van der Waals surface area contributed by atoms with Crippen LogP contribution in [0.4, 0.5) is 0 Å². The number of rotatable bonds is 7. The minimum absolute atomic E-state index is 0.0838. The standard InChI is InChI=1S/C12H19NO4S/c1-10(2)5-4-6-12-13-11(9-16-12)7-8-17-18(3,14)15/h4,6,9-10H,5,7-8H2,1-3H3. The van der Waals surface area contributed by atoms with E-state index in [1.165, 1.54) is 6.26 Å². The van der Waals surface area contributed by atoms with Crippen molar-refractivity contribution in [1.29, 1.82) is 0 Å². The molecular formula is C12H19NO4S. The van der Waals surface area contributed by atoms with Crippen LogP contribution in [0.3, 0.4) is 0 Å². The smallest absolute Gasteiger partial charge is 0.264 e. The van der Waals surface area contributed by atoms with Gasteiger partial charge in [0.1, 0.15) is 6.26 Å². The van der Waals surface area contributed by atoms with E-state index in [9.17, 15) is 8.42 Å². The van der Waals surface area contributed by atoms with Gasteiger partial charge in [-0.3, -0.25) is 4.18 Å². The Balaban J connectivity index is 2.41. The van der Waals surface area contributed by atoms with Crippen LogP contribution in [0.5, 0.6) is 0 Å². The van der Waals surface area contributed by atoms with Crippen molar-refractivity contribution in [2.75, 3.05) is 12.9 Å². The van der Waals surface area contributed by atoms with Crippen LogP contribution in [0.25, 0.3) is 6.08 Å². The molecule has 1 rings (SSSR count). The number of hydrogen-bond acceptors (Lipinski definition) is 5. The molecule has 0 aliphatic carbocycles. The fourth-order valence-corrected chi connectivity index (χ4v) is 1.64. The summed E-state index contributed by atoms with van der Waals surface area (Å²) in [7, 11) is -3.38. The lowest BCUT2D eigenvalue weighted by atomic mass is 10.1. The van der Waals surface area contributed by atoms with Crippen molar-refractivity contribution in [3.05, 3.63) is 23.9 Å². The van der Waals surface area contributed by atoms with Gasteiger partial charge in [-0.05, 0) is 18.4 Å². The second-order valence-electron chi connectivity index (χ2n) is 4.49. The van der Waals surface area contributed by atoms with Crippen molar-refractivity contribution in [1.82, 2.24) is 4.98 Å². The number of aromatic nitrogens is 1. The molecule has 0 spiro atoms. The largest absolute Gasteiger partial charge is 0.445 e. The molecule has 0 N–H and O–H groups in total. The van der Waals surface area contributed by atoms with E-state index in [1.54, 1.807) is 0 Å². The monoisotopic (exact) mass is 273 g/mol. The van der Waals surface area contributed by atoms with Crippen LogP contribution in [0.15, 0.2) is 16.8 Å². The van der Waals surface area contributed by atoms with Crippen molar-refractivity contribution in [3.63, 3.8) is 0 Å². The summed E-state index contributed by atoms with van der Waals surface area (Å²) in [6.45, 7) is 4.35. The summed E-state index contributed by atoms with van der Waals surface area (Å²) in [6.07, 6.45) is 7.74. The van der Waals surface area contributed by atoms with Crippen LogP contribution in [-0.2, 0) is 20.7 Å². The molecule has 0 saturated heterocycles. The van der Waals surface area contributed by atoms with Gasteiger partial charge in [0.2, 0.25) is 5.89 Å². The van der Waals surface area contributed by atoms with Crippen molar-refractivity contribution in [2.45, 2.75) is 26.7 Å². The van der Waals surface area contributed by atoms with Gasteiger partial charge in [-0.2, -0.15) is 8.42 Å². The first-order chi connectivity index (χ1) is 8.37. The fraction of sp³-hybridized carbons (Fsp3) is 0.583. The summed E-state index contributed by atoms with van der Waals surface area (Å²) in [5.41, 5.74) is 0.683. The molecule has 0 fully saturated rings. The van der Waals surface area contributed by atoms with E-state index in [0.29, 0.717) is 23.9 Å². The molecule has 102 valence electrons. The summed E-state index contributed by atoms with van der Waals surface area (Å²) in [5, 5.41) is 0. The molecular weight excluding hydrogens is 254 g/mol. The highest BCUT2D eigenvalue weighted by molar-refractivity contribution is 7.85. The third kappa shape index (κ3) is 6.56. The number of allylic oxidation sites excluding steroid dienone is 1. The van der Waals surface area contributed by atoms with E-state index in [1.807, 2.05) is 12.2 Å². The van der Waals surface area contributed by atoms with Gasteiger partial charge in [-0.1, -0.05) is 19.9 Å². The zero-order valence-electron chi connectivity index (χ0n) is 10.9. The predicted molar refractivity (Wildman–Crippen MR) is 69.5 cm³/mol. The molecule has 1 heterocycles. The topological polar surface area (TPSA) is 69.4 Å². The van der Waals surface area contributed by atoms with E-state index >= 15 is 0 Å². The van der Waals surface area contributed by atoms with Crippen molar-refractivity contribution >= 4 is 16.2 Å². The van der Waals surface area contributed by atoms with Gasteiger partial charge >= 0.3 is 0 Å². The first kappa shape index (κ1) is 14.9. The van der Waals surface area contributed by atoms with Crippen molar-refractivity contribution < 1.29 is 17.0 Å². The summed E-state index contributed by atoms with van der Waals surface area (Å²) >= 11 is 0. The first-order valence-electron chi connectivity index (χ1n) is 5.82. The zero-order valence-corrected chi connectivity index (χ0v) is 11.7. The van der Waals surface area contributed by atoms with Gasteiger partial charge in [-0.25, -0.2) is 4.98 Å². The van der Waals surface area contributed by atoms with E-state index in [0.717, 1.165) is 12.7 Å². The lowest BCUT2D eigenvalue weighted by Gasteiger charge is -1.97. The Morgan fingerprint density at radius 3 is 2.83 bits per heavy atom. The molecule has 0 bridgehead atoms. The maximum atomic E-state index is 10.8. The van der Waals surface area contributed by atoms with Gasteiger partial charge in [-0.15, -0.1) is 0 Å². The minimum atomic E-state index is -3.38. The van der Waals surface area contributed by atoms with Crippen LogP contribution in [0.1, 0.15) is 31.9 Å². The number of nitrogens with zero attached hydrogens (tertiary/aromatic N) is 1. The molecule has 0 aliphatic heterocycles. The highest BCUT2D eigenvalue weighted by atomic mass is 32.2. The molecule has 1 aromatic heterocycles. The average molecular weight is 273 g/mol. The summed E-state index contributed by atoms with van der Waals surface area (Å²) in [4.78, 5) is 4.20. The van der Waals surface area contributed by atoms with Crippen molar-refractivity contribution in [2.24, 2.45) is 5.92 Å². The zero-order chi connectivity index (χ0) is 13.6. The summed E-state index contributed by atoms with van der Waals surface area (Å²) in [6, 6.07) is 0. The van der Waals surface area contributed by atoms with Crippen LogP contribution in [0.2, 0.25) is 0 Å². The maximum absolute atomic E-state index is 10.8. The highest BCUT2D eigenvalue weighted by Crippen LogP contribution is 2.08. The fourth-order valence-electron chi connectivity index (χ4n) is 1.25. The van der Waals surface area contributed by atoms with Crippen LogP contribution in [0, 0.1) is 5.92 Å². The molecule has 0 radical (unpaired) electrons. The van der Waals surface area contributed by atoms with Crippen LogP contribution < -0.4 is 0 Å². The normalized spacial score (nSPS) is 12.7. The molecule has 0 aliphatic rings. The molecule has 18 heavy (non-hydrogen) atoms. The van der Waals surface area contributed by atoms with Crippen LogP contribution in [-0.4, -0.2) is 26.3 Å². The van der Waals surface area contributed by atoms with Crippen molar-refractivity contribution in [3.8, 4) is 0 Å². The lowest BCUT2D eigenvalue weighted by Crippen LogP contribution is -2.06. The molecule has 0 aromatic carbocycles. The molecule has 0 atom stereocenters. The Bertz CT molecular complexity index is 488. The average Bonchev–Trinajstić information content (AvgIpc) is 2.63. The molecule has 0 amide bonds. The minimum Gasteiger partial charge on any atom is -0.445 e. The number of hydrogen-bond donors (Lipinski definition) is 0. The maximum Gasteiger partial charge on any atom is 0.264 e. The van der Waals surface area contributed by atoms with E-state index in [2.05, 4.69) is 23.0 Å². The lowest BCUT2D eigenvalue weighted by molar-refractivity contribution is 0.324. The molecule has 1 aromatic rings. The highest BCUT2D eigenvalue weighted by Gasteiger charge is 2.05. The second-order valence-corrected chi connectivity index (χ2v) is 6.13. The Labute approximate surface area is 108 Å². The molecule has 6 heteroatoms. The predicted octanol–water partition coefficient (Wildman–Crippen LogP) is 2.25. The van der Waals surface area contributed by atoms with Crippen LogP contribution >= 0.6 is 0 Å². The van der Waals surface area contributed by atoms with Gasteiger partial charge in [0, 0.05) is 6.42 Å². The van der Waals surface area contributed by atoms with Gasteiger partial charge in [0.25, 0.3) is 10.1 Å². The van der Waals surface area contributed by atoms with Gasteiger partial charge in [0.15, 0.2) is 0 Å². The SMILES string of the molecule is CC(C)CC=Cc1nc(CCOS(C)(=O)=O)co1. The first-order valence-corrected chi connectivity index (χ1v) is 7.64. The van der Waals surface area contributed by atoms with E-state index < -0.39 is 10.1 Å². The Morgan fingerprint density at radius 1 is 1.50 bits per heavy atom. The van der Waals surface area contributed by atoms with E-state index in [-0.39, 0.29) is 6.61 Å². The Hall–Kier alpha value is -1.14. The third-order valence-corrected chi connectivity index (χ3v) is 2.69. The molecule has 0 unspecified atom stereocenters. The van der Waals surface area contributed by atoms with E-state index in [4.69, 9.17) is 4.42 Å². The Morgan fingerprint density at radius 2 is 2.22 bits per heavy atom. The molecule has 5 nitrogen and oxygen atoms in total. The quantitative estimate of drug-likeness (QED) is 0.713.